The molecule has 2 N–H and O–H groups in total. The monoisotopic (exact) mass is 497 g/mol. The third-order valence-corrected chi connectivity index (χ3v) is 6.84. The highest BCUT2D eigenvalue weighted by atomic mass is 19.1. The fraction of sp³-hybridized carbons (Fsp3) is 0.222. The second kappa shape index (κ2) is 9.45. The summed E-state index contributed by atoms with van der Waals surface area (Å²) < 4.78 is 14.8. The van der Waals surface area contributed by atoms with Crippen LogP contribution in [0, 0.1) is 5.82 Å². The molecule has 3 aromatic carbocycles. The van der Waals surface area contributed by atoms with Crippen molar-refractivity contribution in [3.05, 3.63) is 94.3 Å². The molecule has 37 heavy (non-hydrogen) atoms. The number of hydrogen-bond donors (Lipinski definition) is 2. The number of anilines is 1. The molecule has 0 spiro atoms. The molecule has 1 saturated heterocycles. The van der Waals surface area contributed by atoms with Crippen LogP contribution in [0.3, 0.4) is 0 Å². The molecule has 2 amide bonds. The van der Waals surface area contributed by atoms with Crippen LogP contribution in [0.25, 0.3) is 21.9 Å². The molecule has 5 aromatic rings. The Labute approximate surface area is 210 Å². The summed E-state index contributed by atoms with van der Waals surface area (Å²) in [5.41, 5.74) is 1.81. The van der Waals surface area contributed by atoms with E-state index >= 15 is 0 Å². The highest BCUT2D eigenvalue weighted by molar-refractivity contribution is 6.01. The number of nitrogens with one attached hydrogen (secondary N) is 2. The van der Waals surface area contributed by atoms with Gasteiger partial charge in [-0.15, -0.1) is 5.10 Å². The average Bonchev–Trinajstić information content (AvgIpc) is 3.33. The van der Waals surface area contributed by atoms with E-state index < -0.39 is 0 Å². The number of piperidine rings is 1. The molecule has 1 aliphatic heterocycles. The number of aromatic amines is 1. The van der Waals surface area contributed by atoms with Gasteiger partial charge in [0.05, 0.1) is 12.2 Å². The van der Waals surface area contributed by atoms with Crippen molar-refractivity contribution in [2.75, 3.05) is 18.4 Å². The van der Waals surface area contributed by atoms with E-state index in [0.29, 0.717) is 43.9 Å². The van der Waals surface area contributed by atoms with Crippen LogP contribution in [-0.4, -0.2) is 49.0 Å². The number of likely N-dealkylation sites (tertiary alicyclic amines) is 1. The van der Waals surface area contributed by atoms with Crippen molar-refractivity contribution in [1.29, 1.82) is 0 Å². The molecular formula is C27H24FN7O2. The zero-order chi connectivity index (χ0) is 25.4. The van der Waals surface area contributed by atoms with Crippen LogP contribution in [0.5, 0.6) is 0 Å². The van der Waals surface area contributed by atoms with Gasteiger partial charge in [0.15, 0.2) is 11.2 Å². The van der Waals surface area contributed by atoms with E-state index in [2.05, 4.69) is 20.6 Å². The first kappa shape index (κ1) is 22.8. The third-order valence-electron chi connectivity index (χ3n) is 6.84. The Morgan fingerprint density at radius 2 is 1.78 bits per heavy atom. The van der Waals surface area contributed by atoms with Gasteiger partial charge >= 0.3 is 6.03 Å². The quantitative estimate of drug-likeness (QED) is 0.386. The molecule has 1 aliphatic rings. The predicted molar refractivity (Wildman–Crippen MR) is 138 cm³/mol. The largest absolute Gasteiger partial charge is 0.324 e. The molecule has 0 bridgehead atoms. The number of hydrogen-bond acceptors (Lipinski definition) is 5. The number of halogens is 1. The Hall–Kier alpha value is -4.60. The Morgan fingerprint density at radius 1 is 1.03 bits per heavy atom. The predicted octanol–water partition coefficient (Wildman–Crippen LogP) is 4.27. The molecule has 0 saturated carbocycles. The van der Waals surface area contributed by atoms with Gasteiger partial charge in [-0.3, -0.25) is 4.79 Å². The summed E-state index contributed by atoms with van der Waals surface area (Å²) in [6.45, 7) is 1.39. The lowest BCUT2D eigenvalue weighted by Crippen LogP contribution is -2.41. The fourth-order valence-corrected chi connectivity index (χ4v) is 4.83. The van der Waals surface area contributed by atoms with Crippen LogP contribution in [-0.2, 0) is 6.54 Å². The zero-order valence-corrected chi connectivity index (χ0v) is 19.9. The summed E-state index contributed by atoms with van der Waals surface area (Å²) in [4.78, 5) is 35.0. The Morgan fingerprint density at radius 3 is 2.59 bits per heavy atom. The smallest absolute Gasteiger partial charge is 0.321 e. The molecule has 0 aliphatic carbocycles. The normalized spacial score (nSPS) is 14.4. The van der Waals surface area contributed by atoms with Gasteiger partial charge in [0.2, 0.25) is 0 Å². The first-order valence-corrected chi connectivity index (χ1v) is 12.2. The van der Waals surface area contributed by atoms with E-state index in [4.69, 9.17) is 4.98 Å². The van der Waals surface area contributed by atoms with Gasteiger partial charge in [-0.1, -0.05) is 53.7 Å². The molecule has 3 heterocycles. The number of rotatable bonds is 4. The fourth-order valence-electron chi connectivity index (χ4n) is 4.83. The third kappa shape index (κ3) is 4.53. The maximum atomic E-state index is 13.3. The summed E-state index contributed by atoms with van der Waals surface area (Å²) in [5.74, 6) is 0.239. The number of amides is 2. The minimum absolute atomic E-state index is 0.00660. The highest BCUT2D eigenvalue weighted by Gasteiger charge is 2.27. The Bertz CT molecular complexity index is 1650. The maximum absolute atomic E-state index is 13.3. The van der Waals surface area contributed by atoms with Crippen LogP contribution in [0.1, 0.15) is 30.1 Å². The first-order chi connectivity index (χ1) is 18.0. The van der Waals surface area contributed by atoms with E-state index in [-0.39, 0.29) is 28.8 Å². The number of H-pyrrole nitrogens is 1. The average molecular weight is 498 g/mol. The van der Waals surface area contributed by atoms with E-state index in [1.807, 2.05) is 42.5 Å². The molecule has 10 heteroatoms. The Balaban J connectivity index is 1.16. The molecule has 2 aromatic heterocycles. The SMILES string of the molecule is O=C(Nc1cccc2ccccc12)N1CCC(c2nc3c(nnn3Cc3ccc(F)cc3)c(=O)[nH]2)CC1. The lowest BCUT2D eigenvalue weighted by molar-refractivity contribution is 0.193. The maximum Gasteiger partial charge on any atom is 0.321 e. The highest BCUT2D eigenvalue weighted by Crippen LogP contribution is 2.27. The lowest BCUT2D eigenvalue weighted by Gasteiger charge is -2.31. The molecular weight excluding hydrogens is 473 g/mol. The van der Waals surface area contributed by atoms with Gasteiger partial charge in [-0.25, -0.2) is 18.9 Å². The van der Waals surface area contributed by atoms with E-state index in [1.165, 1.54) is 12.1 Å². The number of aromatic nitrogens is 5. The van der Waals surface area contributed by atoms with Gasteiger partial charge in [0, 0.05) is 24.4 Å². The number of carbonyl (C=O) groups is 1. The summed E-state index contributed by atoms with van der Waals surface area (Å²) in [5, 5.41) is 13.2. The van der Waals surface area contributed by atoms with Crippen molar-refractivity contribution in [2.45, 2.75) is 25.3 Å². The lowest BCUT2D eigenvalue weighted by atomic mass is 9.96. The first-order valence-electron chi connectivity index (χ1n) is 12.2. The minimum Gasteiger partial charge on any atom is -0.324 e. The van der Waals surface area contributed by atoms with Gasteiger partial charge in [0.25, 0.3) is 5.56 Å². The minimum atomic E-state index is -0.346. The molecule has 0 atom stereocenters. The number of nitrogens with zero attached hydrogens (tertiary/aromatic N) is 5. The van der Waals surface area contributed by atoms with Gasteiger partial charge in [0.1, 0.15) is 11.6 Å². The molecule has 9 nitrogen and oxygen atoms in total. The van der Waals surface area contributed by atoms with Crippen molar-refractivity contribution in [2.24, 2.45) is 0 Å². The molecule has 0 radical (unpaired) electrons. The Kier molecular flexibility index (Phi) is 5.84. The van der Waals surface area contributed by atoms with Crippen LogP contribution in [0.4, 0.5) is 14.9 Å². The van der Waals surface area contributed by atoms with E-state index in [9.17, 15) is 14.0 Å². The number of urea groups is 1. The van der Waals surface area contributed by atoms with Crippen molar-refractivity contribution >= 4 is 33.7 Å². The van der Waals surface area contributed by atoms with Crippen molar-refractivity contribution in [3.8, 4) is 0 Å². The molecule has 186 valence electrons. The number of fused-ring (bicyclic) bond motifs is 2. The topological polar surface area (TPSA) is 109 Å². The van der Waals surface area contributed by atoms with Crippen LogP contribution >= 0.6 is 0 Å². The number of carbonyl (C=O) groups excluding carboxylic acids is 1. The summed E-state index contributed by atoms with van der Waals surface area (Å²) in [6.07, 6.45) is 1.33. The van der Waals surface area contributed by atoms with Crippen molar-refractivity contribution in [1.82, 2.24) is 29.9 Å². The van der Waals surface area contributed by atoms with Crippen LogP contribution < -0.4 is 10.9 Å². The van der Waals surface area contributed by atoms with Gasteiger partial charge in [-0.2, -0.15) is 0 Å². The van der Waals surface area contributed by atoms with Gasteiger partial charge < -0.3 is 15.2 Å². The molecule has 6 rings (SSSR count). The van der Waals surface area contributed by atoms with E-state index in [1.54, 1.807) is 21.7 Å². The standard InChI is InChI=1S/C27H24FN7O2/c28-20-10-8-17(9-11-20)16-35-25-23(32-33-35)26(36)31-24(30-25)19-12-14-34(15-13-19)27(37)29-22-7-3-5-18-4-1-2-6-21(18)22/h1-11,19H,12-16H2,(H,29,37)(H,30,31,36). The molecule has 1 fully saturated rings. The van der Waals surface area contributed by atoms with Crippen LogP contribution in [0.2, 0.25) is 0 Å². The number of benzene rings is 3. The summed E-state index contributed by atoms with van der Waals surface area (Å²) in [6, 6.07) is 19.7. The second-order valence-electron chi connectivity index (χ2n) is 9.22. The second-order valence-corrected chi connectivity index (χ2v) is 9.22. The summed E-state index contributed by atoms with van der Waals surface area (Å²) >= 11 is 0. The van der Waals surface area contributed by atoms with Gasteiger partial charge in [-0.05, 0) is 42.0 Å². The van der Waals surface area contributed by atoms with Crippen LogP contribution in [0.15, 0.2) is 71.5 Å². The van der Waals surface area contributed by atoms with Crippen molar-refractivity contribution < 1.29 is 9.18 Å². The zero-order valence-electron chi connectivity index (χ0n) is 19.9. The van der Waals surface area contributed by atoms with E-state index in [0.717, 1.165) is 22.0 Å². The summed E-state index contributed by atoms with van der Waals surface area (Å²) in [7, 11) is 0. The van der Waals surface area contributed by atoms with Crippen molar-refractivity contribution in [3.63, 3.8) is 0 Å². The molecule has 0 unspecified atom stereocenters.